The first-order valence-corrected chi connectivity index (χ1v) is 6.84. The molecule has 0 saturated heterocycles. The van der Waals surface area contributed by atoms with E-state index in [0.29, 0.717) is 6.54 Å². The number of fused-ring (bicyclic) bond motifs is 1. The molecule has 0 bridgehead atoms. The van der Waals surface area contributed by atoms with Gasteiger partial charge >= 0.3 is 0 Å². The first-order chi connectivity index (χ1) is 9.11. The van der Waals surface area contributed by atoms with Gasteiger partial charge in [0.2, 0.25) is 5.91 Å². The number of carbonyl (C=O) groups is 1. The smallest absolute Gasteiger partial charge is 0.236 e. The van der Waals surface area contributed by atoms with Gasteiger partial charge in [0.25, 0.3) is 0 Å². The first-order valence-electron chi connectivity index (χ1n) is 6.84. The van der Waals surface area contributed by atoms with Gasteiger partial charge in [0.1, 0.15) is 5.75 Å². The highest BCUT2D eigenvalue weighted by molar-refractivity contribution is 5.77. The lowest BCUT2D eigenvalue weighted by molar-refractivity contribution is -0.128. The predicted molar refractivity (Wildman–Crippen MR) is 75.4 cm³/mol. The number of rotatable bonds is 5. The van der Waals surface area contributed by atoms with E-state index >= 15 is 0 Å². The lowest BCUT2D eigenvalue weighted by atomic mass is 10.0. The zero-order chi connectivity index (χ0) is 13.8. The van der Waals surface area contributed by atoms with Crippen LogP contribution in [0, 0.1) is 0 Å². The molecule has 19 heavy (non-hydrogen) atoms. The molecule has 0 saturated carbocycles. The Labute approximate surface area is 114 Å². The predicted octanol–water partition coefficient (Wildman–Crippen LogP) is 1.75. The number of benzene rings is 1. The van der Waals surface area contributed by atoms with Crippen LogP contribution in [0.4, 0.5) is 0 Å². The molecule has 1 heterocycles. The molecule has 1 atom stereocenters. The summed E-state index contributed by atoms with van der Waals surface area (Å²) in [6, 6.07) is 6.43. The third-order valence-electron chi connectivity index (χ3n) is 3.67. The quantitative estimate of drug-likeness (QED) is 0.879. The van der Waals surface area contributed by atoms with E-state index in [9.17, 15) is 4.79 Å². The molecular weight excluding hydrogens is 240 g/mol. The molecule has 4 heteroatoms. The van der Waals surface area contributed by atoms with Crippen LogP contribution >= 0.6 is 0 Å². The zero-order valence-corrected chi connectivity index (χ0v) is 11.9. The van der Waals surface area contributed by atoms with E-state index in [1.807, 2.05) is 20.0 Å². The largest absolute Gasteiger partial charge is 0.493 e. The van der Waals surface area contributed by atoms with Crippen LogP contribution in [0.3, 0.4) is 0 Å². The number of carbonyl (C=O) groups excluding carboxylic acids is 1. The summed E-state index contributed by atoms with van der Waals surface area (Å²) in [5.41, 5.74) is 2.47. The minimum atomic E-state index is 0.124. The minimum Gasteiger partial charge on any atom is -0.493 e. The Balaban J connectivity index is 1.93. The van der Waals surface area contributed by atoms with E-state index in [-0.39, 0.29) is 11.9 Å². The van der Waals surface area contributed by atoms with Crippen molar-refractivity contribution in [3.8, 4) is 5.75 Å². The van der Waals surface area contributed by atoms with Gasteiger partial charge in [0.15, 0.2) is 0 Å². The molecule has 2 rings (SSSR count). The summed E-state index contributed by atoms with van der Waals surface area (Å²) >= 11 is 0. The second kappa shape index (κ2) is 6.06. The number of nitrogens with one attached hydrogen (secondary N) is 1. The maximum Gasteiger partial charge on any atom is 0.236 e. The number of amides is 1. The van der Waals surface area contributed by atoms with Gasteiger partial charge in [-0.05, 0) is 31.0 Å². The van der Waals surface area contributed by atoms with E-state index < -0.39 is 0 Å². The van der Waals surface area contributed by atoms with Gasteiger partial charge in [-0.2, -0.15) is 0 Å². The average Bonchev–Trinajstić information content (AvgIpc) is 2.90. The van der Waals surface area contributed by atoms with Crippen LogP contribution in [-0.4, -0.2) is 37.6 Å². The number of nitrogens with zero attached hydrogens (tertiary/aromatic N) is 1. The van der Waals surface area contributed by atoms with E-state index in [1.54, 1.807) is 4.90 Å². The Morgan fingerprint density at radius 3 is 3.05 bits per heavy atom. The van der Waals surface area contributed by atoms with Crippen molar-refractivity contribution in [1.82, 2.24) is 10.2 Å². The number of likely N-dealkylation sites (N-methyl/N-ethyl adjacent to an activating group) is 1. The Morgan fingerprint density at radius 1 is 1.53 bits per heavy atom. The van der Waals surface area contributed by atoms with Gasteiger partial charge in [0, 0.05) is 26.1 Å². The van der Waals surface area contributed by atoms with Crippen molar-refractivity contribution in [2.75, 3.05) is 26.7 Å². The van der Waals surface area contributed by atoms with Crippen molar-refractivity contribution in [3.63, 3.8) is 0 Å². The summed E-state index contributed by atoms with van der Waals surface area (Å²) in [7, 11) is 1.82. The molecule has 0 fully saturated rings. The van der Waals surface area contributed by atoms with Gasteiger partial charge in [-0.1, -0.05) is 12.1 Å². The summed E-state index contributed by atoms with van der Waals surface area (Å²) in [6.45, 7) is 5.95. The second-order valence-electron chi connectivity index (χ2n) is 4.98. The highest BCUT2D eigenvalue weighted by atomic mass is 16.5. The molecule has 1 aromatic carbocycles. The topological polar surface area (TPSA) is 41.6 Å². The summed E-state index contributed by atoms with van der Waals surface area (Å²) in [5, 5.41) is 3.27. The van der Waals surface area contributed by atoms with Crippen LogP contribution in [0.15, 0.2) is 18.2 Å². The maximum absolute atomic E-state index is 11.7. The van der Waals surface area contributed by atoms with Crippen molar-refractivity contribution < 1.29 is 9.53 Å². The Bertz CT molecular complexity index is 459. The van der Waals surface area contributed by atoms with Crippen LogP contribution in [-0.2, 0) is 11.2 Å². The normalized spacial score (nSPS) is 14.7. The molecule has 1 aromatic rings. The van der Waals surface area contributed by atoms with Crippen LogP contribution in [0.5, 0.6) is 5.75 Å². The molecule has 1 amide bonds. The third kappa shape index (κ3) is 3.26. The fourth-order valence-electron chi connectivity index (χ4n) is 2.15. The third-order valence-corrected chi connectivity index (χ3v) is 3.67. The van der Waals surface area contributed by atoms with Crippen molar-refractivity contribution in [2.45, 2.75) is 26.3 Å². The lowest BCUT2D eigenvalue weighted by Gasteiger charge is -2.18. The highest BCUT2D eigenvalue weighted by Gasteiger charge is 2.15. The summed E-state index contributed by atoms with van der Waals surface area (Å²) < 4.78 is 5.50. The van der Waals surface area contributed by atoms with Crippen molar-refractivity contribution >= 4 is 5.91 Å². The number of hydrogen-bond acceptors (Lipinski definition) is 3. The SMILES string of the molecule is CCN(C)C(=O)CNC(C)c1ccc2c(c1)CCO2. The molecule has 1 aliphatic rings. The van der Waals surface area contributed by atoms with E-state index in [2.05, 4.69) is 24.4 Å². The van der Waals surface area contributed by atoms with Crippen LogP contribution in [0.1, 0.15) is 31.0 Å². The molecule has 0 radical (unpaired) electrons. The van der Waals surface area contributed by atoms with E-state index in [0.717, 1.165) is 25.3 Å². The molecule has 1 unspecified atom stereocenters. The maximum atomic E-state index is 11.7. The van der Waals surface area contributed by atoms with Gasteiger partial charge < -0.3 is 15.0 Å². The van der Waals surface area contributed by atoms with Gasteiger partial charge in [0.05, 0.1) is 13.2 Å². The minimum absolute atomic E-state index is 0.124. The Kier molecular flexibility index (Phi) is 4.43. The molecule has 0 spiro atoms. The number of hydrogen-bond donors (Lipinski definition) is 1. The van der Waals surface area contributed by atoms with Crippen molar-refractivity contribution in [1.29, 1.82) is 0 Å². The summed E-state index contributed by atoms with van der Waals surface area (Å²) in [5.74, 6) is 1.12. The van der Waals surface area contributed by atoms with E-state index in [4.69, 9.17) is 4.74 Å². The second-order valence-corrected chi connectivity index (χ2v) is 4.98. The Hall–Kier alpha value is -1.55. The fourth-order valence-corrected chi connectivity index (χ4v) is 2.15. The van der Waals surface area contributed by atoms with Crippen molar-refractivity contribution in [3.05, 3.63) is 29.3 Å². The molecular formula is C15H22N2O2. The molecule has 1 aliphatic heterocycles. The lowest BCUT2D eigenvalue weighted by Crippen LogP contribution is -2.36. The van der Waals surface area contributed by atoms with Crippen molar-refractivity contribution in [2.24, 2.45) is 0 Å². The monoisotopic (exact) mass is 262 g/mol. The van der Waals surface area contributed by atoms with Gasteiger partial charge in [-0.3, -0.25) is 4.79 Å². The first kappa shape index (κ1) is 13.9. The van der Waals surface area contributed by atoms with Gasteiger partial charge in [-0.25, -0.2) is 0 Å². The summed E-state index contributed by atoms with van der Waals surface area (Å²) in [6.07, 6.45) is 0.980. The Morgan fingerprint density at radius 2 is 2.32 bits per heavy atom. The molecule has 4 nitrogen and oxygen atoms in total. The zero-order valence-electron chi connectivity index (χ0n) is 11.9. The molecule has 104 valence electrons. The van der Waals surface area contributed by atoms with Crippen LogP contribution < -0.4 is 10.1 Å². The van der Waals surface area contributed by atoms with Gasteiger partial charge in [-0.15, -0.1) is 0 Å². The molecule has 0 aliphatic carbocycles. The van der Waals surface area contributed by atoms with E-state index in [1.165, 1.54) is 11.1 Å². The highest BCUT2D eigenvalue weighted by Crippen LogP contribution is 2.27. The standard InChI is InChI=1S/C15H22N2O2/c1-4-17(3)15(18)10-16-11(2)12-5-6-14-13(9-12)7-8-19-14/h5-6,9,11,16H,4,7-8,10H2,1-3H3. The van der Waals surface area contributed by atoms with Crippen LogP contribution in [0.2, 0.25) is 0 Å². The number of ether oxygens (including phenoxy) is 1. The van der Waals surface area contributed by atoms with Crippen LogP contribution in [0.25, 0.3) is 0 Å². The molecule has 0 aromatic heterocycles. The fraction of sp³-hybridized carbons (Fsp3) is 0.533. The summed E-state index contributed by atoms with van der Waals surface area (Å²) in [4.78, 5) is 13.5. The average molecular weight is 262 g/mol. The molecule has 1 N–H and O–H groups in total.